The fourth-order valence-corrected chi connectivity index (χ4v) is 3.28. The van der Waals surface area contributed by atoms with E-state index in [-0.39, 0.29) is 17.9 Å². The number of hydrogen-bond acceptors (Lipinski definition) is 3. The Labute approximate surface area is 179 Å². The minimum absolute atomic E-state index is 0.0732. The fourth-order valence-electron chi connectivity index (χ4n) is 3.28. The Bertz CT molecular complexity index is 908. The lowest BCUT2D eigenvalue weighted by molar-refractivity contribution is -0.128. The standard InChI is InChI=1S/C24H32N4O2/c1-6-21(26-18(2)3)24(30)28(5)20(17-19-11-8-7-9-12-19)14-15-25-23(29)22-13-10-16-27(22)4/h6-13,16,20H,14-15,17H2,1-5H3,(H,25,29). The number of amides is 2. The van der Waals surface area contributed by atoms with Gasteiger partial charge in [-0.25, -0.2) is 0 Å². The van der Waals surface area contributed by atoms with Crippen LogP contribution in [0, 0.1) is 0 Å². The van der Waals surface area contributed by atoms with Crippen LogP contribution in [0.5, 0.6) is 0 Å². The van der Waals surface area contributed by atoms with Gasteiger partial charge in [0.1, 0.15) is 11.4 Å². The zero-order valence-corrected chi connectivity index (χ0v) is 18.6. The smallest absolute Gasteiger partial charge is 0.272 e. The highest BCUT2D eigenvalue weighted by molar-refractivity contribution is 5.96. The molecule has 0 radical (unpaired) electrons. The Hall–Kier alpha value is -3.15. The quantitative estimate of drug-likeness (QED) is 0.509. The minimum atomic E-state index is -0.117. The summed E-state index contributed by atoms with van der Waals surface area (Å²) in [6.07, 6.45) is 4.92. The van der Waals surface area contributed by atoms with Gasteiger partial charge < -0.3 is 14.8 Å². The summed E-state index contributed by atoms with van der Waals surface area (Å²) >= 11 is 0. The molecular weight excluding hydrogens is 376 g/mol. The van der Waals surface area contributed by atoms with Gasteiger partial charge in [0.05, 0.1) is 0 Å². The molecule has 0 saturated carbocycles. The first-order valence-electron chi connectivity index (χ1n) is 10.2. The van der Waals surface area contributed by atoms with Gasteiger partial charge in [-0.15, -0.1) is 0 Å². The van der Waals surface area contributed by atoms with Crippen LogP contribution in [-0.4, -0.2) is 46.6 Å². The molecule has 1 N–H and O–H groups in total. The van der Waals surface area contributed by atoms with E-state index in [1.807, 2.05) is 58.3 Å². The number of carbonyl (C=O) groups is 2. The van der Waals surface area contributed by atoms with Crippen LogP contribution in [0.1, 0.15) is 43.2 Å². The molecule has 0 spiro atoms. The minimum Gasteiger partial charge on any atom is -0.351 e. The Morgan fingerprint density at radius 1 is 1.17 bits per heavy atom. The van der Waals surface area contributed by atoms with Crippen molar-refractivity contribution >= 4 is 17.5 Å². The van der Waals surface area contributed by atoms with Crippen LogP contribution in [0.25, 0.3) is 0 Å². The largest absolute Gasteiger partial charge is 0.351 e. The number of likely N-dealkylation sites (N-methyl/N-ethyl adjacent to an activating group) is 1. The van der Waals surface area contributed by atoms with Crippen molar-refractivity contribution in [2.24, 2.45) is 12.0 Å². The second kappa shape index (κ2) is 11.1. The predicted molar refractivity (Wildman–Crippen MR) is 122 cm³/mol. The van der Waals surface area contributed by atoms with Crippen molar-refractivity contribution < 1.29 is 9.59 Å². The lowest BCUT2D eigenvalue weighted by Gasteiger charge is -2.29. The summed E-state index contributed by atoms with van der Waals surface area (Å²) in [6.45, 7) is 6.04. The van der Waals surface area contributed by atoms with Gasteiger partial charge in [-0.05, 0) is 51.3 Å². The second-order valence-corrected chi connectivity index (χ2v) is 7.54. The average Bonchev–Trinajstić information content (AvgIpc) is 3.16. The molecule has 2 amide bonds. The number of benzene rings is 1. The van der Waals surface area contributed by atoms with E-state index in [0.717, 1.165) is 11.3 Å². The van der Waals surface area contributed by atoms with Gasteiger partial charge in [-0.1, -0.05) is 36.4 Å². The third-order valence-corrected chi connectivity index (χ3v) is 4.96. The number of allylic oxidation sites excluding steroid dienone is 1. The van der Waals surface area contributed by atoms with Gasteiger partial charge in [0.2, 0.25) is 0 Å². The topological polar surface area (TPSA) is 66.7 Å². The third kappa shape index (κ3) is 6.44. The molecule has 1 atom stereocenters. The number of carbonyl (C=O) groups excluding carboxylic acids is 2. The fraction of sp³-hybridized carbons (Fsp3) is 0.375. The summed E-state index contributed by atoms with van der Waals surface area (Å²) in [7, 11) is 3.65. The van der Waals surface area contributed by atoms with Crippen LogP contribution in [0.2, 0.25) is 0 Å². The summed E-state index contributed by atoms with van der Waals surface area (Å²) in [5, 5.41) is 2.97. The Morgan fingerprint density at radius 3 is 2.43 bits per heavy atom. The molecule has 0 aliphatic heterocycles. The lowest BCUT2D eigenvalue weighted by atomic mass is 10.0. The average molecular weight is 409 g/mol. The van der Waals surface area contributed by atoms with E-state index in [2.05, 4.69) is 22.4 Å². The second-order valence-electron chi connectivity index (χ2n) is 7.54. The van der Waals surface area contributed by atoms with E-state index >= 15 is 0 Å². The molecule has 0 bridgehead atoms. The molecule has 6 nitrogen and oxygen atoms in total. The highest BCUT2D eigenvalue weighted by Crippen LogP contribution is 2.15. The van der Waals surface area contributed by atoms with E-state index in [0.29, 0.717) is 30.8 Å². The van der Waals surface area contributed by atoms with Crippen molar-refractivity contribution in [1.29, 1.82) is 0 Å². The van der Waals surface area contributed by atoms with Crippen LogP contribution >= 0.6 is 0 Å². The van der Waals surface area contributed by atoms with E-state index in [4.69, 9.17) is 0 Å². The first-order valence-corrected chi connectivity index (χ1v) is 10.2. The van der Waals surface area contributed by atoms with Crippen LogP contribution in [0.4, 0.5) is 0 Å². The molecule has 30 heavy (non-hydrogen) atoms. The van der Waals surface area contributed by atoms with Gasteiger partial charge in [0.25, 0.3) is 11.8 Å². The summed E-state index contributed by atoms with van der Waals surface area (Å²) < 4.78 is 1.79. The zero-order chi connectivity index (χ0) is 22.1. The van der Waals surface area contributed by atoms with Crippen molar-refractivity contribution in [1.82, 2.24) is 14.8 Å². The van der Waals surface area contributed by atoms with Crippen molar-refractivity contribution in [2.45, 2.75) is 39.7 Å². The molecule has 1 unspecified atom stereocenters. The third-order valence-electron chi connectivity index (χ3n) is 4.96. The Balaban J connectivity index is 2.11. The van der Waals surface area contributed by atoms with Crippen molar-refractivity contribution in [2.75, 3.05) is 13.6 Å². The number of rotatable bonds is 9. The van der Waals surface area contributed by atoms with E-state index in [9.17, 15) is 9.59 Å². The van der Waals surface area contributed by atoms with Crippen LogP contribution in [0.3, 0.4) is 0 Å². The zero-order valence-electron chi connectivity index (χ0n) is 18.6. The summed E-state index contributed by atoms with van der Waals surface area (Å²) in [5.41, 5.74) is 3.03. The Kier molecular flexibility index (Phi) is 8.59. The summed E-state index contributed by atoms with van der Waals surface area (Å²) in [6, 6.07) is 13.6. The number of aryl methyl sites for hydroxylation is 1. The maximum atomic E-state index is 13.0. The van der Waals surface area contributed by atoms with Crippen molar-refractivity contribution in [3.8, 4) is 0 Å². The molecule has 0 saturated heterocycles. The molecule has 1 aromatic heterocycles. The molecule has 6 heteroatoms. The monoisotopic (exact) mass is 408 g/mol. The van der Waals surface area contributed by atoms with Gasteiger partial charge in [-0.2, -0.15) is 0 Å². The van der Waals surface area contributed by atoms with Gasteiger partial charge in [-0.3, -0.25) is 14.6 Å². The number of aromatic nitrogens is 1. The van der Waals surface area contributed by atoms with E-state index in [1.165, 1.54) is 0 Å². The van der Waals surface area contributed by atoms with Gasteiger partial charge in [0.15, 0.2) is 0 Å². The van der Waals surface area contributed by atoms with Gasteiger partial charge >= 0.3 is 0 Å². The maximum Gasteiger partial charge on any atom is 0.272 e. The van der Waals surface area contributed by atoms with E-state index < -0.39 is 0 Å². The molecule has 0 aliphatic rings. The highest BCUT2D eigenvalue weighted by Gasteiger charge is 2.23. The lowest BCUT2D eigenvalue weighted by Crippen LogP contribution is -2.41. The molecule has 2 aromatic rings. The van der Waals surface area contributed by atoms with Crippen LogP contribution < -0.4 is 5.32 Å². The summed E-state index contributed by atoms with van der Waals surface area (Å²) in [4.78, 5) is 31.5. The predicted octanol–water partition coefficient (Wildman–Crippen LogP) is 3.60. The molecule has 0 aliphatic carbocycles. The maximum absolute atomic E-state index is 13.0. The SMILES string of the molecule is CC=C(N=C(C)C)C(=O)N(C)C(CCNC(=O)c1cccn1C)Cc1ccccc1. The molecule has 160 valence electrons. The number of hydrogen-bond donors (Lipinski definition) is 1. The first-order chi connectivity index (χ1) is 14.3. The number of nitrogens with one attached hydrogen (secondary N) is 1. The first kappa shape index (κ1) is 23.1. The number of aliphatic imine (C=N–C) groups is 1. The molecule has 1 heterocycles. The molecule has 0 fully saturated rings. The normalized spacial score (nSPS) is 12.2. The number of nitrogens with zero attached hydrogens (tertiary/aromatic N) is 3. The van der Waals surface area contributed by atoms with Crippen molar-refractivity contribution in [3.05, 3.63) is 71.7 Å². The Morgan fingerprint density at radius 2 is 1.87 bits per heavy atom. The van der Waals surface area contributed by atoms with E-state index in [1.54, 1.807) is 28.7 Å². The van der Waals surface area contributed by atoms with Crippen LogP contribution in [-0.2, 0) is 18.3 Å². The van der Waals surface area contributed by atoms with Crippen LogP contribution in [0.15, 0.2) is 65.4 Å². The molecule has 2 rings (SSSR count). The molecule has 1 aromatic carbocycles. The van der Waals surface area contributed by atoms with Crippen molar-refractivity contribution in [3.63, 3.8) is 0 Å². The molecular formula is C24H32N4O2. The van der Waals surface area contributed by atoms with Gasteiger partial charge in [0, 0.05) is 38.6 Å². The highest BCUT2D eigenvalue weighted by atomic mass is 16.2. The summed E-state index contributed by atoms with van der Waals surface area (Å²) in [5.74, 6) is -0.233.